The molecule has 4 rings (SSSR count). The molecule has 0 saturated carbocycles. The summed E-state index contributed by atoms with van der Waals surface area (Å²) in [7, 11) is 1.83. The van der Waals surface area contributed by atoms with Crippen LogP contribution < -0.4 is 10.1 Å². The van der Waals surface area contributed by atoms with Gasteiger partial charge >= 0.3 is 0 Å². The van der Waals surface area contributed by atoms with Crippen molar-refractivity contribution < 1.29 is 14.3 Å². The first-order valence-electron chi connectivity index (χ1n) is 10.5. The van der Waals surface area contributed by atoms with Crippen molar-refractivity contribution in [1.82, 2.24) is 10.2 Å². The number of para-hydroxylation sites is 1. The molecule has 1 saturated heterocycles. The Morgan fingerprint density at radius 2 is 2.00 bits per heavy atom. The number of carbonyl (C=O) groups excluding carboxylic acids is 2. The van der Waals surface area contributed by atoms with Crippen molar-refractivity contribution in [3.05, 3.63) is 64.7 Å². The minimum Gasteiger partial charge on any atom is -0.488 e. The predicted molar refractivity (Wildman–Crippen MR) is 117 cm³/mol. The Kier molecular flexibility index (Phi) is 6.00. The number of ether oxygens (including phenoxy) is 1. The first-order valence-corrected chi connectivity index (χ1v) is 10.8. The lowest BCUT2D eigenvalue weighted by Crippen LogP contribution is -2.45. The third-order valence-electron chi connectivity index (χ3n) is 6.13. The van der Waals surface area contributed by atoms with Gasteiger partial charge < -0.3 is 15.0 Å². The van der Waals surface area contributed by atoms with Crippen LogP contribution in [0.4, 0.5) is 0 Å². The summed E-state index contributed by atoms with van der Waals surface area (Å²) in [6.45, 7) is 0.560. The molecule has 1 N–H and O–H groups in total. The molecule has 2 aromatic rings. The number of halogens is 1. The van der Waals surface area contributed by atoms with Crippen molar-refractivity contribution in [3.8, 4) is 5.75 Å². The van der Waals surface area contributed by atoms with Crippen molar-refractivity contribution in [2.45, 2.75) is 50.2 Å². The summed E-state index contributed by atoms with van der Waals surface area (Å²) >= 11 is 5.99. The predicted octanol–water partition coefficient (Wildman–Crippen LogP) is 3.77. The van der Waals surface area contributed by atoms with Crippen LogP contribution in [0.15, 0.2) is 48.5 Å². The molecule has 5 nitrogen and oxygen atoms in total. The van der Waals surface area contributed by atoms with E-state index in [2.05, 4.69) is 11.4 Å². The molecule has 0 radical (unpaired) electrons. The van der Waals surface area contributed by atoms with Crippen LogP contribution in [0, 0.1) is 0 Å². The Morgan fingerprint density at radius 3 is 2.70 bits per heavy atom. The second kappa shape index (κ2) is 8.68. The minimum atomic E-state index is -0.374. The molecule has 6 heteroatoms. The third-order valence-corrected chi connectivity index (χ3v) is 6.38. The highest BCUT2D eigenvalue weighted by molar-refractivity contribution is 6.30. The Labute approximate surface area is 182 Å². The lowest BCUT2D eigenvalue weighted by atomic mass is 9.85. The summed E-state index contributed by atoms with van der Waals surface area (Å²) in [5.74, 6) is 1.05. The van der Waals surface area contributed by atoms with Gasteiger partial charge in [0, 0.05) is 36.9 Å². The van der Waals surface area contributed by atoms with Gasteiger partial charge in [0.2, 0.25) is 11.8 Å². The Balaban J connectivity index is 1.33. The van der Waals surface area contributed by atoms with Crippen molar-refractivity contribution in [3.63, 3.8) is 0 Å². The molecule has 2 aromatic carbocycles. The smallest absolute Gasteiger partial charge is 0.222 e. The van der Waals surface area contributed by atoms with E-state index in [0.717, 1.165) is 24.2 Å². The number of rotatable bonds is 7. The summed E-state index contributed by atoms with van der Waals surface area (Å²) in [6.07, 6.45) is 3.78. The zero-order valence-electron chi connectivity index (χ0n) is 17.2. The average molecular weight is 427 g/mol. The molecule has 30 heavy (non-hydrogen) atoms. The summed E-state index contributed by atoms with van der Waals surface area (Å²) in [6, 6.07) is 15.7. The molecule has 158 valence electrons. The minimum absolute atomic E-state index is 0.00874. The molecule has 2 amide bonds. The van der Waals surface area contributed by atoms with E-state index in [1.807, 2.05) is 49.5 Å². The number of hydrogen-bond donors (Lipinski definition) is 1. The fraction of sp³-hybridized carbons (Fsp3) is 0.417. The van der Waals surface area contributed by atoms with Crippen LogP contribution >= 0.6 is 11.6 Å². The van der Waals surface area contributed by atoms with Gasteiger partial charge in [0.1, 0.15) is 11.9 Å². The van der Waals surface area contributed by atoms with Crippen LogP contribution in [-0.4, -0.2) is 41.9 Å². The van der Waals surface area contributed by atoms with Gasteiger partial charge in [-0.05, 0) is 48.6 Å². The van der Waals surface area contributed by atoms with Gasteiger partial charge in [-0.2, -0.15) is 0 Å². The molecule has 2 aliphatic rings. The lowest BCUT2D eigenvalue weighted by Gasteiger charge is -2.30. The number of benzene rings is 2. The molecule has 2 unspecified atom stereocenters. The van der Waals surface area contributed by atoms with Crippen molar-refractivity contribution in [1.29, 1.82) is 0 Å². The highest BCUT2D eigenvalue weighted by atomic mass is 35.5. The van der Waals surface area contributed by atoms with E-state index < -0.39 is 0 Å². The van der Waals surface area contributed by atoms with Gasteiger partial charge in [0.15, 0.2) is 0 Å². The highest BCUT2D eigenvalue weighted by Gasteiger charge is 2.38. The maximum absolute atomic E-state index is 12.8. The Hall–Kier alpha value is -2.53. The van der Waals surface area contributed by atoms with Crippen molar-refractivity contribution >= 4 is 23.4 Å². The largest absolute Gasteiger partial charge is 0.488 e. The normalized spacial score (nSPS) is 22.3. The van der Waals surface area contributed by atoms with Gasteiger partial charge in [-0.3, -0.25) is 9.59 Å². The molecule has 2 aliphatic heterocycles. The standard InChI is InChI=1S/C24H27ClN2O3/c1-27(16-20-14-18-4-2-3-5-21(18)30-20)23(29)11-13-24(12-10-22(28)26-24)15-17-6-8-19(25)9-7-17/h2-9,20H,10-16H2,1H3,(H,26,28). The van der Waals surface area contributed by atoms with E-state index in [9.17, 15) is 9.59 Å². The second-order valence-corrected chi connectivity index (χ2v) is 8.89. The number of amides is 2. The Morgan fingerprint density at radius 1 is 1.23 bits per heavy atom. The van der Waals surface area contributed by atoms with E-state index in [1.165, 1.54) is 5.56 Å². The number of fused-ring (bicyclic) bond motifs is 1. The van der Waals surface area contributed by atoms with Crippen LogP contribution in [-0.2, 0) is 22.4 Å². The quantitative estimate of drug-likeness (QED) is 0.733. The van der Waals surface area contributed by atoms with Gasteiger partial charge in [-0.15, -0.1) is 0 Å². The van der Waals surface area contributed by atoms with Crippen LogP contribution in [0.2, 0.25) is 5.02 Å². The number of nitrogens with zero attached hydrogens (tertiary/aromatic N) is 1. The topological polar surface area (TPSA) is 58.6 Å². The second-order valence-electron chi connectivity index (χ2n) is 8.46. The van der Waals surface area contributed by atoms with E-state index >= 15 is 0 Å². The summed E-state index contributed by atoms with van der Waals surface area (Å²) in [5.41, 5.74) is 1.93. The van der Waals surface area contributed by atoms with E-state index in [1.54, 1.807) is 4.90 Å². The molecule has 0 aromatic heterocycles. The fourth-order valence-corrected chi connectivity index (χ4v) is 4.60. The number of carbonyl (C=O) groups is 2. The summed E-state index contributed by atoms with van der Waals surface area (Å²) in [5, 5.41) is 3.83. The Bertz CT molecular complexity index is 905. The van der Waals surface area contributed by atoms with Gasteiger partial charge in [0.05, 0.1) is 6.54 Å². The average Bonchev–Trinajstić information content (AvgIpc) is 3.31. The first-order chi connectivity index (χ1) is 14.4. The molecule has 1 fully saturated rings. The third kappa shape index (κ3) is 4.78. The van der Waals surface area contributed by atoms with Crippen LogP contribution in [0.5, 0.6) is 5.75 Å². The summed E-state index contributed by atoms with van der Waals surface area (Å²) < 4.78 is 5.97. The molecule has 2 atom stereocenters. The SMILES string of the molecule is CN(CC1Cc2ccccc2O1)C(=O)CCC1(Cc2ccc(Cl)cc2)CCC(=O)N1. The first kappa shape index (κ1) is 20.7. The number of likely N-dealkylation sites (N-methyl/N-ethyl adjacent to an activating group) is 1. The van der Waals surface area contributed by atoms with Crippen LogP contribution in [0.3, 0.4) is 0 Å². The highest BCUT2D eigenvalue weighted by Crippen LogP contribution is 2.31. The van der Waals surface area contributed by atoms with E-state index in [4.69, 9.17) is 16.3 Å². The van der Waals surface area contributed by atoms with Crippen LogP contribution in [0.25, 0.3) is 0 Å². The molecule has 0 aliphatic carbocycles. The van der Waals surface area contributed by atoms with E-state index in [-0.39, 0.29) is 23.5 Å². The zero-order chi connectivity index (χ0) is 21.1. The maximum Gasteiger partial charge on any atom is 0.222 e. The number of nitrogens with one attached hydrogen (secondary N) is 1. The molecule has 0 spiro atoms. The lowest BCUT2D eigenvalue weighted by molar-refractivity contribution is -0.131. The molecule has 2 heterocycles. The maximum atomic E-state index is 12.8. The molecular weight excluding hydrogens is 400 g/mol. The van der Waals surface area contributed by atoms with Gasteiger partial charge in [0.25, 0.3) is 0 Å². The van der Waals surface area contributed by atoms with E-state index in [0.29, 0.717) is 37.3 Å². The van der Waals surface area contributed by atoms with Crippen molar-refractivity contribution in [2.24, 2.45) is 0 Å². The summed E-state index contributed by atoms with van der Waals surface area (Å²) in [4.78, 5) is 26.6. The number of hydrogen-bond acceptors (Lipinski definition) is 3. The zero-order valence-corrected chi connectivity index (χ0v) is 18.0. The van der Waals surface area contributed by atoms with Gasteiger partial charge in [-0.25, -0.2) is 0 Å². The van der Waals surface area contributed by atoms with Gasteiger partial charge in [-0.1, -0.05) is 41.9 Å². The molecule has 0 bridgehead atoms. The monoisotopic (exact) mass is 426 g/mol. The fourth-order valence-electron chi connectivity index (χ4n) is 4.48. The molecular formula is C24H27ClN2O3. The van der Waals surface area contributed by atoms with Crippen molar-refractivity contribution in [2.75, 3.05) is 13.6 Å². The van der Waals surface area contributed by atoms with Crippen LogP contribution in [0.1, 0.15) is 36.8 Å².